The maximum absolute atomic E-state index is 11.3. The Morgan fingerprint density at radius 1 is 0.607 bits per heavy atom. The number of unbranched alkanes of at least 4 members (excludes halogenated alkanes) is 15. The molecular formula is C21H42O7. The van der Waals surface area contributed by atoms with Crippen LogP contribution in [0.15, 0.2) is 0 Å². The highest BCUT2D eigenvalue weighted by atomic mass is 16.7. The van der Waals surface area contributed by atoms with Gasteiger partial charge in [-0.25, -0.2) is 4.79 Å². The van der Waals surface area contributed by atoms with Crippen LogP contribution < -0.4 is 0 Å². The summed E-state index contributed by atoms with van der Waals surface area (Å²) in [5.41, 5.74) is 0. The molecule has 0 saturated heterocycles. The molecule has 7 nitrogen and oxygen atoms in total. The van der Waals surface area contributed by atoms with E-state index in [-0.39, 0.29) is 6.61 Å². The standard InChI is InChI=1S/C21H42O7/c1-2-3-4-5-6-7-8-9-10-11-12-13-14-15-16-17-18-28-19(22)20(23,24)21(25,26)27/h23-27H,2-18H2,1H3. The molecule has 0 unspecified atom stereocenters. The number of aliphatic hydroxyl groups is 5. The summed E-state index contributed by atoms with van der Waals surface area (Å²) < 4.78 is 4.53. The SMILES string of the molecule is CCCCCCCCCCCCCCCCCCOC(=O)C(O)(O)C(O)(O)O. The van der Waals surface area contributed by atoms with Crippen LogP contribution in [0.5, 0.6) is 0 Å². The second-order valence-corrected chi connectivity index (χ2v) is 7.75. The molecule has 0 aliphatic carbocycles. The average Bonchev–Trinajstić information content (AvgIpc) is 2.63. The molecule has 0 amide bonds. The zero-order valence-electron chi connectivity index (χ0n) is 17.6. The quantitative estimate of drug-likeness (QED) is 0.127. The van der Waals surface area contributed by atoms with E-state index >= 15 is 0 Å². The number of ether oxygens (including phenoxy) is 1. The first-order chi connectivity index (χ1) is 13.2. The third kappa shape index (κ3) is 13.4. The molecule has 7 heteroatoms. The molecule has 0 spiro atoms. The van der Waals surface area contributed by atoms with Gasteiger partial charge in [0.15, 0.2) is 0 Å². The molecule has 0 radical (unpaired) electrons. The van der Waals surface area contributed by atoms with Gasteiger partial charge in [0, 0.05) is 0 Å². The van der Waals surface area contributed by atoms with Crippen LogP contribution in [0.2, 0.25) is 0 Å². The summed E-state index contributed by atoms with van der Waals surface area (Å²) in [5, 5.41) is 44.2. The van der Waals surface area contributed by atoms with E-state index in [2.05, 4.69) is 11.7 Å². The number of hydrogen-bond donors (Lipinski definition) is 5. The van der Waals surface area contributed by atoms with Gasteiger partial charge < -0.3 is 30.3 Å². The van der Waals surface area contributed by atoms with Crippen LogP contribution in [-0.2, 0) is 9.53 Å². The van der Waals surface area contributed by atoms with Crippen LogP contribution >= 0.6 is 0 Å². The summed E-state index contributed by atoms with van der Waals surface area (Å²) >= 11 is 0. The van der Waals surface area contributed by atoms with E-state index in [0.29, 0.717) is 6.42 Å². The van der Waals surface area contributed by atoms with Gasteiger partial charge in [0.1, 0.15) is 0 Å². The Labute approximate surface area is 169 Å². The molecule has 5 N–H and O–H groups in total. The molecule has 0 saturated carbocycles. The molecule has 0 heterocycles. The molecule has 28 heavy (non-hydrogen) atoms. The zero-order valence-corrected chi connectivity index (χ0v) is 17.6. The molecular weight excluding hydrogens is 364 g/mol. The molecule has 0 aliphatic heterocycles. The van der Waals surface area contributed by atoms with Crippen LogP contribution in [0.4, 0.5) is 0 Å². The van der Waals surface area contributed by atoms with Crippen molar-refractivity contribution in [3.63, 3.8) is 0 Å². The normalized spacial score (nSPS) is 12.4. The lowest BCUT2D eigenvalue weighted by molar-refractivity contribution is -0.433. The molecule has 0 fully saturated rings. The summed E-state index contributed by atoms with van der Waals surface area (Å²) in [6, 6.07) is 0. The Hall–Kier alpha value is -0.730. The first-order valence-electron chi connectivity index (χ1n) is 11.0. The van der Waals surface area contributed by atoms with Gasteiger partial charge >= 0.3 is 17.7 Å². The van der Waals surface area contributed by atoms with Crippen molar-refractivity contribution in [1.29, 1.82) is 0 Å². The smallest absolute Gasteiger partial charge is 0.375 e. The lowest BCUT2D eigenvalue weighted by atomic mass is 10.0. The molecule has 0 bridgehead atoms. The number of esters is 1. The van der Waals surface area contributed by atoms with E-state index in [1.165, 1.54) is 77.0 Å². The first kappa shape index (κ1) is 27.3. The fourth-order valence-electron chi connectivity index (χ4n) is 3.05. The van der Waals surface area contributed by atoms with Gasteiger partial charge in [-0.05, 0) is 6.42 Å². The lowest BCUT2D eigenvalue weighted by Gasteiger charge is -2.27. The van der Waals surface area contributed by atoms with E-state index in [0.717, 1.165) is 19.3 Å². The maximum Gasteiger partial charge on any atom is 0.375 e. The predicted octanol–water partition coefficient (Wildman–Crippen LogP) is 3.10. The number of rotatable bonds is 19. The number of hydrogen-bond acceptors (Lipinski definition) is 7. The summed E-state index contributed by atoms with van der Waals surface area (Å²) in [6.45, 7) is 2.17. The molecule has 0 aliphatic rings. The van der Waals surface area contributed by atoms with Gasteiger partial charge in [0.25, 0.3) is 0 Å². The third-order valence-electron chi connectivity index (χ3n) is 4.98. The van der Waals surface area contributed by atoms with Gasteiger partial charge in [-0.3, -0.25) is 0 Å². The van der Waals surface area contributed by atoms with Gasteiger partial charge in [-0.1, -0.05) is 103 Å². The predicted molar refractivity (Wildman–Crippen MR) is 107 cm³/mol. The van der Waals surface area contributed by atoms with E-state index < -0.39 is 17.7 Å². The summed E-state index contributed by atoms with van der Waals surface area (Å²) in [4.78, 5) is 11.3. The average molecular weight is 407 g/mol. The van der Waals surface area contributed by atoms with Crippen LogP contribution in [0.3, 0.4) is 0 Å². The van der Waals surface area contributed by atoms with Crippen molar-refractivity contribution >= 4 is 5.97 Å². The monoisotopic (exact) mass is 406 g/mol. The van der Waals surface area contributed by atoms with Crippen molar-refractivity contribution in [2.45, 2.75) is 121 Å². The second kappa shape index (κ2) is 16.1. The highest BCUT2D eigenvalue weighted by Gasteiger charge is 2.54. The fourth-order valence-corrected chi connectivity index (χ4v) is 3.05. The molecule has 0 rings (SSSR count). The minimum atomic E-state index is -3.96. The van der Waals surface area contributed by atoms with Crippen molar-refractivity contribution in [2.75, 3.05) is 6.61 Å². The Balaban J connectivity index is 3.33. The van der Waals surface area contributed by atoms with Crippen molar-refractivity contribution in [3.05, 3.63) is 0 Å². The highest BCUT2D eigenvalue weighted by Crippen LogP contribution is 2.16. The summed E-state index contributed by atoms with van der Waals surface area (Å²) in [5.74, 6) is -9.42. The van der Waals surface area contributed by atoms with Crippen molar-refractivity contribution in [2.24, 2.45) is 0 Å². The minimum absolute atomic E-state index is 0.0732. The van der Waals surface area contributed by atoms with E-state index in [1.807, 2.05) is 0 Å². The molecule has 0 atom stereocenters. The Bertz CT molecular complexity index is 377. The highest BCUT2D eigenvalue weighted by molar-refractivity contribution is 5.78. The largest absolute Gasteiger partial charge is 0.461 e. The topological polar surface area (TPSA) is 127 Å². The molecule has 0 aromatic heterocycles. The van der Waals surface area contributed by atoms with Crippen LogP contribution in [-0.4, -0.2) is 49.9 Å². The van der Waals surface area contributed by atoms with E-state index in [4.69, 9.17) is 25.5 Å². The molecule has 0 aromatic rings. The van der Waals surface area contributed by atoms with Crippen LogP contribution in [0.1, 0.15) is 110 Å². The van der Waals surface area contributed by atoms with Crippen LogP contribution in [0.25, 0.3) is 0 Å². The maximum atomic E-state index is 11.3. The zero-order chi connectivity index (χ0) is 21.3. The van der Waals surface area contributed by atoms with Gasteiger partial charge in [-0.15, -0.1) is 0 Å². The third-order valence-corrected chi connectivity index (χ3v) is 4.98. The summed E-state index contributed by atoms with van der Waals surface area (Å²) in [6.07, 6.45) is 19.4. The first-order valence-corrected chi connectivity index (χ1v) is 11.0. The Morgan fingerprint density at radius 3 is 1.25 bits per heavy atom. The molecule has 168 valence electrons. The molecule has 0 aromatic carbocycles. The van der Waals surface area contributed by atoms with Crippen molar-refractivity contribution in [3.8, 4) is 0 Å². The van der Waals surface area contributed by atoms with Gasteiger partial charge in [0.2, 0.25) is 0 Å². The van der Waals surface area contributed by atoms with E-state index in [1.54, 1.807) is 0 Å². The van der Waals surface area contributed by atoms with Crippen molar-refractivity contribution in [1.82, 2.24) is 0 Å². The van der Waals surface area contributed by atoms with Crippen molar-refractivity contribution < 1.29 is 35.1 Å². The van der Waals surface area contributed by atoms with Gasteiger partial charge in [-0.2, -0.15) is 0 Å². The number of carbonyl (C=O) groups is 1. The van der Waals surface area contributed by atoms with Gasteiger partial charge in [0.05, 0.1) is 6.61 Å². The Kier molecular flexibility index (Phi) is 15.7. The van der Waals surface area contributed by atoms with Crippen LogP contribution in [0, 0.1) is 0 Å². The summed E-state index contributed by atoms with van der Waals surface area (Å²) in [7, 11) is 0. The lowest BCUT2D eigenvalue weighted by Crippen LogP contribution is -2.60. The second-order valence-electron chi connectivity index (χ2n) is 7.75. The fraction of sp³-hybridized carbons (Fsp3) is 0.952. The van der Waals surface area contributed by atoms with E-state index in [9.17, 15) is 4.79 Å². The number of carbonyl (C=O) groups excluding carboxylic acids is 1. The Morgan fingerprint density at radius 2 is 0.929 bits per heavy atom. The minimum Gasteiger partial charge on any atom is -0.461 e.